The maximum Gasteiger partial charge on any atom is 0.321 e. The fourth-order valence-corrected chi connectivity index (χ4v) is 3.91. The van der Waals surface area contributed by atoms with Gasteiger partial charge in [0.15, 0.2) is 6.61 Å². The highest BCUT2D eigenvalue weighted by molar-refractivity contribution is 7.89. The lowest BCUT2D eigenvalue weighted by Crippen LogP contribution is -2.34. The van der Waals surface area contributed by atoms with Crippen molar-refractivity contribution in [3.63, 3.8) is 0 Å². The van der Waals surface area contributed by atoms with Gasteiger partial charge in [0, 0.05) is 6.54 Å². The highest BCUT2D eigenvalue weighted by atomic mass is 32.2. The average Bonchev–Trinajstić information content (AvgIpc) is 2.67. The van der Waals surface area contributed by atoms with E-state index < -0.39 is 35.1 Å². The van der Waals surface area contributed by atoms with Gasteiger partial charge in [-0.25, -0.2) is 8.42 Å². The lowest BCUT2D eigenvalue weighted by Gasteiger charge is -2.13. The van der Waals surface area contributed by atoms with E-state index in [9.17, 15) is 18.0 Å². The zero-order chi connectivity index (χ0) is 20.6. The minimum atomic E-state index is -3.82. The summed E-state index contributed by atoms with van der Waals surface area (Å²) in [6.07, 6.45) is 7.60. The van der Waals surface area contributed by atoms with Crippen molar-refractivity contribution in [2.45, 2.75) is 50.8 Å². The number of hydrogen-bond acceptors (Lipinski definition) is 5. The Labute approximate surface area is 166 Å². The molecular weight excluding hydrogens is 380 g/mol. The van der Waals surface area contributed by atoms with Crippen LogP contribution in [0.25, 0.3) is 0 Å². The molecule has 0 aromatic heterocycles. The predicted molar refractivity (Wildman–Crippen MR) is 106 cm³/mol. The molecule has 0 spiro atoms. The molecule has 0 aliphatic heterocycles. The van der Waals surface area contributed by atoms with Crippen LogP contribution in [-0.4, -0.2) is 40.0 Å². The van der Waals surface area contributed by atoms with Crippen LogP contribution in [0.2, 0.25) is 0 Å². The van der Waals surface area contributed by atoms with Crippen molar-refractivity contribution in [2.75, 3.05) is 19.7 Å². The van der Waals surface area contributed by atoms with E-state index in [1.807, 2.05) is 13.8 Å². The predicted octanol–water partition coefficient (Wildman–Crippen LogP) is 2.13. The molecule has 154 valence electrons. The van der Waals surface area contributed by atoms with Gasteiger partial charge in [-0.2, -0.15) is 4.72 Å². The van der Waals surface area contributed by atoms with Crippen molar-refractivity contribution in [3.8, 4) is 0 Å². The Morgan fingerprint density at radius 2 is 1.93 bits per heavy atom. The summed E-state index contributed by atoms with van der Waals surface area (Å²) in [4.78, 5) is 23.5. The number of allylic oxidation sites excluding steroid dienone is 1. The summed E-state index contributed by atoms with van der Waals surface area (Å²) < 4.78 is 31.5. The van der Waals surface area contributed by atoms with Gasteiger partial charge < -0.3 is 10.1 Å². The first kappa shape index (κ1) is 22.1. The number of rotatable bonds is 9. The van der Waals surface area contributed by atoms with E-state index in [0.717, 1.165) is 30.4 Å². The summed E-state index contributed by atoms with van der Waals surface area (Å²) in [7, 11) is -3.82. The third-order valence-corrected chi connectivity index (χ3v) is 6.11. The number of nitrogens with one attached hydrogen (secondary N) is 2. The average molecular weight is 409 g/mol. The van der Waals surface area contributed by atoms with Gasteiger partial charge in [-0.1, -0.05) is 17.7 Å². The van der Waals surface area contributed by atoms with Crippen LogP contribution in [0, 0.1) is 13.8 Å². The molecule has 8 heteroatoms. The number of amides is 1. The fourth-order valence-electron chi connectivity index (χ4n) is 2.86. The van der Waals surface area contributed by atoms with Gasteiger partial charge in [0.25, 0.3) is 5.91 Å². The van der Waals surface area contributed by atoms with E-state index in [4.69, 9.17) is 4.74 Å². The molecule has 7 nitrogen and oxygen atoms in total. The first-order chi connectivity index (χ1) is 13.3. The number of benzene rings is 1. The zero-order valence-corrected chi connectivity index (χ0v) is 17.2. The summed E-state index contributed by atoms with van der Waals surface area (Å²) >= 11 is 0. The van der Waals surface area contributed by atoms with Gasteiger partial charge in [0.1, 0.15) is 6.54 Å². The largest absolute Gasteiger partial charge is 0.455 e. The van der Waals surface area contributed by atoms with Crippen molar-refractivity contribution in [1.82, 2.24) is 10.0 Å². The Kier molecular flexibility index (Phi) is 8.19. The number of esters is 1. The van der Waals surface area contributed by atoms with Crippen LogP contribution >= 0.6 is 0 Å². The molecule has 2 N–H and O–H groups in total. The minimum absolute atomic E-state index is 0.0816. The van der Waals surface area contributed by atoms with Gasteiger partial charge in [0.2, 0.25) is 10.0 Å². The molecule has 1 aromatic rings. The second-order valence-corrected chi connectivity index (χ2v) is 8.71. The quantitative estimate of drug-likeness (QED) is 0.481. The molecule has 1 aliphatic rings. The third-order valence-electron chi connectivity index (χ3n) is 4.71. The Morgan fingerprint density at radius 1 is 1.14 bits per heavy atom. The first-order valence-electron chi connectivity index (χ1n) is 9.45. The SMILES string of the molecule is Cc1ccc(S(=O)(=O)NCC(=O)OCC(=O)NCCC2=CCCCC2)cc1C. The van der Waals surface area contributed by atoms with E-state index in [0.29, 0.717) is 6.54 Å². The summed E-state index contributed by atoms with van der Waals surface area (Å²) in [5.41, 5.74) is 3.17. The van der Waals surface area contributed by atoms with Crippen molar-refractivity contribution >= 4 is 21.9 Å². The van der Waals surface area contributed by atoms with E-state index in [1.165, 1.54) is 30.5 Å². The van der Waals surface area contributed by atoms with Gasteiger partial charge in [0.05, 0.1) is 4.90 Å². The molecule has 0 radical (unpaired) electrons. The second-order valence-electron chi connectivity index (χ2n) is 6.94. The number of aryl methyl sites for hydroxylation is 2. The van der Waals surface area contributed by atoms with Crippen molar-refractivity contribution < 1.29 is 22.7 Å². The number of sulfonamides is 1. The second kappa shape index (κ2) is 10.4. The smallest absolute Gasteiger partial charge is 0.321 e. The van der Waals surface area contributed by atoms with Crippen LogP contribution in [0.1, 0.15) is 43.2 Å². The highest BCUT2D eigenvalue weighted by Gasteiger charge is 2.17. The van der Waals surface area contributed by atoms with Crippen LogP contribution in [0.15, 0.2) is 34.7 Å². The van der Waals surface area contributed by atoms with E-state index in [2.05, 4.69) is 16.1 Å². The van der Waals surface area contributed by atoms with Crippen LogP contribution in [0.5, 0.6) is 0 Å². The number of ether oxygens (including phenoxy) is 1. The van der Waals surface area contributed by atoms with Crippen LogP contribution < -0.4 is 10.0 Å². The number of carbonyl (C=O) groups is 2. The Hall–Kier alpha value is -2.19. The summed E-state index contributed by atoms with van der Waals surface area (Å²) in [5.74, 6) is -1.21. The van der Waals surface area contributed by atoms with E-state index >= 15 is 0 Å². The Balaban J connectivity index is 1.69. The maximum absolute atomic E-state index is 12.2. The first-order valence-corrected chi connectivity index (χ1v) is 10.9. The molecule has 28 heavy (non-hydrogen) atoms. The fraction of sp³-hybridized carbons (Fsp3) is 0.500. The summed E-state index contributed by atoms with van der Waals surface area (Å²) in [6.45, 7) is 3.24. The summed E-state index contributed by atoms with van der Waals surface area (Å²) in [5, 5.41) is 2.70. The number of carbonyl (C=O) groups excluding carboxylic acids is 2. The monoisotopic (exact) mass is 408 g/mol. The van der Waals surface area contributed by atoms with Crippen molar-refractivity contribution in [1.29, 1.82) is 0 Å². The number of hydrogen-bond donors (Lipinski definition) is 2. The summed E-state index contributed by atoms with van der Waals surface area (Å²) in [6, 6.07) is 4.72. The topological polar surface area (TPSA) is 102 Å². The molecule has 1 aliphatic carbocycles. The molecular formula is C20H28N2O5S. The van der Waals surface area contributed by atoms with Crippen LogP contribution in [0.4, 0.5) is 0 Å². The maximum atomic E-state index is 12.2. The van der Waals surface area contributed by atoms with E-state index in [1.54, 1.807) is 6.07 Å². The van der Waals surface area contributed by atoms with Crippen molar-refractivity contribution in [3.05, 3.63) is 41.0 Å². The molecule has 0 saturated carbocycles. The van der Waals surface area contributed by atoms with Crippen molar-refractivity contribution in [2.24, 2.45) is 0 Å². The molecule has 1 amide bonds. The highest BCUT2D eigenvalue weighted by Crippen LogP contribution is 2.19. The zero-order valence-electron chi connectivity index (χ0n) is 16.4. The Bertz CT molecular complexity index is 846. The molecule has 2 rings (SSSR count). The van der Waals surface area contributed by atoms with Gasteiger partial charge in [-0.05, 0) is 69.2 Å². The minimum Gasteiger partial charge on any atom is -0.455 e. The molecule has 0 bridgehead atoms. The molecule has 0 unspecified atom stereocenters. The lowest BCUT2D eigenvalue weighted by atomic mass is 9.97. The van der Waals surface area contributed by atoms with Gasteiger partial charge in [-0.15, -0.1) is 0 Å². The molecule has 0 fully saturated rings. The Morgan fingerprint density at radius 3 is 2.61 bits per heavy atom. The van der Waals surface area contributed by atoms with Gasteiger partial charge >= 0.3 is 5.97 Å². The van der Waals surface area contributed by atoms with E-state index in [-0.39, 0.29) is 4.90 Å². The third kappa shape index (κ3) is 7.09. The molecule has 0 atom stereocenters. The lowest BCUT2D eigenvalue weighted by molar-refractivity contribution is -0.147. The van der Waals surface area contributed by atoms with Crippen LogP contribution in [0.3, 0.4) is 0 Å². The normalized spacial score (nSPS) is 14.3. The molecule has 0 saturated heterocycles. The standard InChI is InChI=1S/C20H28N2O5S/c1-15-8-9-18(12-16(15)2)28(25,26)22-13-20(24)27-14-19(23)21-11-10-17-6-4-3-5-7-17/h6,8-9,12,22H,3-5,7,10-11,13-14H2,1-2H3,(H,21,23). The van der Waals surface area contributed by atoms with Gasteiger partial charge in [-0.3, -0.25) is 9.59 Å². The molecule has 0 heterocycles. The molecule has 1 aromatic carbocycles. The van der Waals surface area contributed by atoms with Crippen LogP contribution in [-0.2, 0) is 24.3 Å².